The number of nitrogens with two attached hydrogens (primary N) is 1. The number of rotatable bonds is 3. The third-order valence-corrected chi connectivity index (χ3v) is 4.55. The van der Waals surface area contributed by atoms with Gasteiger partial charge in [0.15, 0.2) is 5.58 Å². The van der Waals surface area contributed by atoms with Crippen molar-refractivity contribution in [2.24, 2.45) is 0 Å². The summed E-state index contributed by atoms with van der Waals surface area (Å²) < 4.78 is 5.67. The quantitative estimate of drug-likeness (QED) is 0.833. The van der Waals surface area contributed by atoms with Gasteiger partial charge in [-0.1, -0.05) is 0 Å². The number of oxazole rings is 1. The number of nitrogens with one attached hydrogen (secondary N) is 1. The van der Waals surface area contributed by atoms with Gasteiger partial charge >= 0.3 is 0 Å². The fourth-order valence-corrected chi connectivity index (χ4v) is 3.26. The summed E-state index contributed by atoms with van der Waals surface area (Å²) in [5, 5.41) is 4.15. The van der Waals surface area contributed by atoms with E-state index in [1.54, 1.807) is 0 Å². The first-order valence-corrected chi connectivity index (χ1v) is 7.49. The van der Waals surface area contributed by atoms with E-state index < -0.39 is 0 Å². The normalized spacial score (nSPS) is 23.6. The molecule has 1 aromatic carbocycles. The highest BCUT2D eigenvalue weighted by atomic mass is 32.2. The summed E-state index contributed by atoms with van der Waals surface area (Å²) in [4.78, 5) is 4.43. The fraction of sp³-hybridized carbons (Fsp3) is 0.462. The Morgan fingerprint density at radius 2 is 2.33 bits per heavy atom. The molecule has 1 heterocycles. The summed E-state index contributed by atoms with van der Waals surface area (Å²) in [6, 6.07) is 6.63. The van der Waals surface area contributed by atoms with Crippen molar-refractivity contribution in [3.63, 3.8) is 0 Å². The number of nitrogen functional groups attached to an aromatic ring is 1. The molecule has 1 aliphatic carbocycles. The lowest BCUT2D eigenvalue weighted by Crippen LogP contribution is -2.15. The number of thioether (sulfide) groups is 1. The Morgan fingerprint density at radius 1 is 1.44 bits per heavy atom. The molecule has 2 unspecified atom stereocenters. The average Bonchev–Trinajstić information content (AvgIpc) is 2.95. The number of hydrogen-bond donors (Lipinski definition) is 2. The molecule has 2 aromatic rings. The molecule has 4 nitrogen and oxygen atoms in total. The molecule has 5 heteroatoms. The summed E-state index contributed by atoms with van der Waals surface area (Å²) in [5.74, 6) is 0. The molecule has 0 aliphatic heterocycles. The van der Waals surface area contributed by atoms with Crippen molar-refractivity contribution in [3.05, 3.63) is 18.2 Å². The van der Waals surface area contributed by atoms with Gasteiger partial charge in [0, 0.05) is 23.0 Å². The zero-order valence-corrected chi connectivity index (χ0v) is 11.2. The lowest BCUT2D eigenvalue weighted by Gasteiger charge is -2.09. The van der Waals surface area contributed by atoms with Crippen molar-refractivity contribution in [3.8, 4) is 0 Å². The monoisotopic (exact) mass is 263 g/mol. The second-order valence-corrected chi connectivity index (χ2v) is 5.90. The predicted octanol–water partition coefficient (Wildman–Crippen LogP) is 3.11. The second kappa shape index (κ2) is 4.72. The zero-order valence-electron chi connectivity index (χ0n) is 10.3. The molecule has 0 saturated heterocycles. The van der Waals surface area contributed by atoms with E-state index in [2.05, 4.69) is 16.6 Å². The van der Waals surface area contributed by atoms with Gasteiger partial charge in [-0.05, 0) is 37.7 Å². The predicted molar refractivity (Wildman–Crippen MR) is 77.0 cm³/mol. The van der Waals surface area contributed by atoms with E-state index >= 15 is 0 Å². The first-order valence-electron chi connectivity index (χ1n) is 6.20. The Hall–Kier alpha value is -1.36. The maximum absolute atomic E-state index is 5.72. The van der Waals surface area contributed by atoms with Crippen molar-refractivity contribution in [1.29, 1.82) is 0 Å². The molecule has 0 amide bonds. The van der Waals surface area contributed by atoms with E-state index in [1.165, 1.54) is 19.3 Å². The van der Waals surface area contributed by atoms with Gasteiger partial charge in [0.25, 0.3) is 6.01 Å². The number of aromatic nitrogens is 1. The van der Waals surface area contributed by atoms with Crippen LogP contribution in [0.25, 0.3) is 11.1 Å². The van der Waals surface area contributed by atoms with Crippen LogP contribution in [0.3, 0.4) is 0 Å². The lowest BCUT2D eigenvalue weighted by molar-refractivity contribution is 0.594. The van der Waals surface area contributed by atoms with Gasteiger partial charge < -0.3 is 15.5 Å². The summed E-state index contributed by atoms with van der Waals surface area (Å²) in [7, 11) is 0. The van der Waals surface area contributed by atoms with Gasteiger partial charge in [0.2, 0.25) is 0 Å². The summed E-state index contributed by atoms with van der Waals surface area (Å²) in [6.45, 7) is 0. The van der Waals surface area contributed by atoms with E-state index in [1.807, 2.05) is 30.0 Å². The summed E-state index contributed by atoms with van der Waals surface area (Å²) in [5.41, 5.74) is 8.02. The van der Waals surface area contributed by atoms with Gasteiger partial charge in [-0.15, -0.1) is 0 Å². The number of nitrogens with zero attached hydrogens (tertiary/aromatic N) is 1. The Balaban J connectivity index is 1.75. The Kier molecular flexibility index (Phi) is 3.07. The van der Waals surface area contributed by atoms with Crippen molar-refractivity contribution in [1.82, 2.24) is 4.98 Å². The average molecular weight is 263 g/mol. The molecule has 3 N–H and O–H groups in total. The first kappa shape index (κ1) is 11.7. The van der Waals surface area contributed by atoms with E-state index in [-0.39, 0.29) is 0 Å². The number of anilines is 2. The first-order chi connectivity index (χ1) is 8.74. The minimum absolute atomic E-state index is 0.479. The largest absolute Gasteiger partial charge is 0.423 e. The highest BCUT2D eigenvalue weighted by Gasteiger charge is 2.24. The summed E-state index contributed by atoms with van der Waals surface area (Å²) in [6.07, 6.45) is 5.82. The Labute approximate surface area is 110 Å². The van der Waals surface area contributed by atoms with Crippen LogP contribution < -0.4 is 11.1 Å². The molecular formula is C13H17N3OS. The fourth-order valence-electron chi connectivity index (χ4n) is 2.46. The van der Waals surface area contributed by atoms with Gasteiger partial charge in [-0.2, -0.15) is 16.7 Å². The topological polar surface area (TPSA) is 64.1 Å². The Bertz CT molecular complexity index is 554. The molecule has 3 rings (SSSR count). The number of hydrogen-bond acceptors (Lipinski definition) is 5. The smallest absolute Gasteiger partial charge is 0.295 e. The molecule has 18 heavy (non-hydrogen) atoms. The number of fused-ring (bicyclic) bond motifs is 1. The van der Waals surface area contributed by atoms with Crippen LogP contribution in [0.5, 0.6) is 0 Å². The van der Waals surface area contributed by atoms with Crippen LogP contribution in [0.15, 0.2) is 22.6 Å². The summed E-state index contributed by atoms with van der Waals surface area (Å²) >= 11 is 1.95. The van der Waals surface area contributed by atoms with Crippen LogP contribution in [-0.2, 0) is 0 Å². The highest BCUT2D eigenvalue weighted by molar-refractivity contribution is 7.99. The van der Waals surface area contributed by atoms with Crippen LogP contribution in [0.4, 0.5) is 11.7 Å². The standard InChI is InChI=1S/C13H17N3OS/c1-18-10-4-3-9(7-10)15-13-16-11-5-2-8(14)6-12(11)17-13/h2,5-6,9-10H,3-4,7,14H2,1H3,(H,15,16). The number of benzene rings is 1. The van der Waals surface area contributed by atoms with Gasteiger partial charge in [-0.3, -0.25) is 0 Å². The molecule has 0 spiro atoms. The molecule has 1 aliphatic rings. The van der Waals surface area contributed by atoms with Crippen LogP contribution >= 0.6 is 11.8 Å². The second-order valence-electron chi connectivity index (χ2n) is 4.76. The third kappa shape index (κ3) is 2.27. The van der Waals surface area contributed by atoms with Gasteiger partial charge in [0.1, 0.15) is 5.52 Å². The molecular weight excluding hydrogens is 246 g/mol. The minimum Gasteiger partial charge on any atom is -0.423 e. The van der Waals surface area contributed by atoms with Crippen molar-refractivity contribution in [2.75, 3.05) is 17.3 Å². The maximum atomic E-state index is 5.72. The molecule has 1 saturated carbocycles. The molecule has 0 bridgehead atoms. The SMILES string of the molecule is CSC1CCC(Nc2nc3ccc(N)cc3o2)C1. The molecule has 2 atom stereocenters. The maximum Gasteiger partial charge on any atom is 0.295 e. The molecule has 1 fully saturated rings. The van der Waals surface area contributed by atoms with Crippen LogP contribution in [-0.4, -0.2) is 22.5 Å². The minimum atomic E-state index is 0.479. The Morgan fingerprint density at radius 3 is 3.11 bits per heavy atom. The zero-order chi connectivity index (χ0) is 12.5. The van der Waals surface area contributed by atoms with Crippen LogP contribution in [0, 0.1) is 0 Å². The van der Waals surface area contributed by atoms with Crippen molar-refractivity contribution < 1.29 is 4.42 Å². The highest BCUT2D eigenvalue weighted by Crippen LogP contribution is 2.31. The van der Waals surface area contributed by atoms with E-state index in [4.69, 9.17) is 10.2 Å². The van der Waals surface area contributed by atoms with Gasteiger partial charge in [0.05, 0.1) is 0 Å². The van der Waals surface area contributed by atoms with E-state index in [0.717, 1.165) is 16.3 Å². The molecule has 1 aromatic heterocycles. The van der Waals surface area contributed by atoms with Crippen LogP contribution in [0.1, 0.15) is 19.3 Å². The molecule has 96 valence electrons. The van der Waals surface area contributed by atoms with E-state index in [0.29, 0.717) is 17.7 Å². The van der Waals surface area contributed by atoms with Gasteiger partial charge in [-0.25, -0.2) is 0 Å². The van der Waals surface area contributed by atoms with Crippen LogP contribution in [0.2, 0.25) is 0 Å². The van der Waals surface area contributed by atoms with Crippen molar-refractivity contribution in [2.45, 2.75) is 30.6 Å². The van der Waals surface area contributed by atoms with Crippen molar-refractivity contribution >= 4 is 34.6 Å². The lowest BCUT2D eigenvalue weighted by atomic mass is 10.3. The molecule has 0 radical (unpaired) electrons. The third-order valence-electron chi connectivity index (χ3n) is 3.46. The van der Waals surface area contributed by atoms with E-state index in [9.17, 15) is 0 Å².